The maximum Gasteiger partial charge on any atom is 0.412 e. The Morgan fingerprint density at radius 1 is 1.11 bits per heavy atom. The van der Waals surface area contributed by atoms with E-state index in [1.165, 1.54) is 5.56 Å². The molecule has 6 rings (SSSR count). The van der Waals surface area contributed by atoms with Gasteiger partial charge in [-0.3, -0.25) is 10.1 Å². The molecule has 2 aromatic heterocycles. The highest BCUT2D eigenvalue weighted by molar-refractivity contribution is 6.91. The number of cyclic esters (lactones) is 1. The number of aromatic nitrogens is 2. The molecule has 2 aliphatic rings. The zero-order valence-electron chi connectivity index (χ0n) is 25.9. The van der Waals surface area contributed by atoms with E-state index in [0.717, 1.165) is 27.7 Å². The minimum Gasteiger partial charge on any atom is -0.458 e. The lowest BCUT2D eigenvalue weighted by atomic mass is 9.86. The summed E-state index contributed by atoms with van der Waals surface area (Å²) in [5, 5.41) is 16.2. The average molecular weight is 612 g/mol. The molecule has 2 aromatic carbocycles. The average Bonchev–Trinajstić information content (AvgIpc) is 3.31. The number of hydrogen-bond acceptors (Lipinski definition) is 7. The van der Waals surface area contributed by atoms with Crippen LogP contribution in [0.3, 0.4) is 0 Å². The maximum atomic E-state index is 13.9. The van der Waals surface area contributed by atoms with Crippen LogP contribution >= 0.6 is 0 Å². The van der Waals surface area contributed by atoms with Gasteiger partial charge in [0.2, 0.25) is 0 Å². The molecule has 4 aromatic rings. The Bertz CT molecular complexity index is 1890. The molecule has 0 saturated carbocycles. The van der Waals surface area contributed by atoms with Crippen molar-refractivity contribution in [1.82, 2.24) is 9.55 Å². The summed E-state index contributed by atoms with van der Waals surface area (Å²) < 4.78 is 12.4. The topological polar surface area (TPSA) is 120 Å². The molecule has 2 aliphatic heterocycles. The molecule has 2 N–H and O–H groups in total. The Labute approximate surface area is 256 Å². The number of esters is 1. The number of pyridine rings is 2. The number of nitrogens with one attached hydrogen (secondary N) is 1. The van der Waals surface area contributed by atoms with Crippen LogP contribution in [0, 0.1) is 0 Å². The summed E-state index contributed by atoms with van der Waals surface area (Å²) in [6.07, 6.45) is -0.465. The van der Waals surface area contributed by atoms with Gasteiger partial charge in [0.1, 0.15) is 12.2 Å². The standard InChI is InChI=1S/C34H37N3O6Si/c1-7-34(41)25-16-27-28-23(17-37(27)30(38)24(25)18-42-31(34)39)29(44(5,6)19-20-11-9-8-10-12-20)22-15-21(13-14-26(22)36-28)35-32(40)43-33(2,3)4/h8-16,41H,7,17-19H2,1-6H3,(H,35,40)/t34-/m0/s1. The van der Waals surface area contributed by atoms with Crippen molar-refractivity contribution in [3.05, 3.63) is 87.2 Å². The largest absolute Gasteiger partial charge is 0.458 e. The second-order valence-corrected chi connectivity index (χ2v) is 17.9. The number of benzene rings is 2. The lowest BCUT2D eigenvalue weighted by molar-refractivity contribution is -0.172. The first-order valence-corrected chi connectivity index (χ1v) is 18.1. The molecule has 0 unspecified atom stereocenters. The van der Waals surface area contributed by atoms with E-state index in [-0.39, 0.29) is 18.6 Å². The lowest BCUT2D eigenvalue weighted by Crippen LogP contribution is -2.47. The Morgan fingerprint density at radius 2 is 1.84 bits per heavy atom. The molecule has 0 spiro atoms. The van der Waals surface area contributed by atoms with Gasteiger partial charge in [-0.25, -0.2) is 14.6 Å². The number of fused-ring (bicyclic) bond motifs is 5. The van der Waals surface area contributed by atoms with E-state index >= 15 is 0 Å². The number of nitrogens with zero attached hydrogens (tertiary/aromatic N) is 2. The Morgan fingerprint density at radius 3 is 2.52 bits per heavy atom. The minimum atomic E-state index is -2.30. The fourth-order valence-corrected chi connectivity index (χ4v) is 9.92. The molecular weight excluding hydrogens is 574 g/mol. The monoisotopic (exact) mass is 611 g/mol. The summed E-state index contributed by atoms with van der Waals surface area (Å²) in [6.45, 7) is 11.9. The zero-order valence-corrected chi connectivity index (χ0v) is 26.9. The Hall–Kier alpha value is -4.28. The zero-order chi connectivity index (χ0) is 31.6. The molecule has 0 saturated heterocycles. The second-order valence-electron chi connectivity index (χ2n) is 13.3. The Balaban J connectivity index is 1.56. The molecule has 0 bridgehead atoms. The van der Waals surface area contributed by atoms with Crippen molar-refractivity contribution in [1.29, 1.82) is 0 Å². The summed E-state index contributed by atoms with van der Waals surface area (Å²) >= 11 is 0. The van der Waals surface area contributed by atoms with Crippen LogP contribution in [0.15, 0.2) is 59.4 Å². The predicted octanol–water partition coefficient (Wildman–Crippen LogP) is 5.12. The second kappa shape index (κ2) is 10.4. The smallest absolute Gasteiger partial charge is 0.412 e. The van der Waals surface area contributed by atoms with Crippen LogP contribution in [-0.4, -0.2) is 40.4 Å². The van der Waals surface area contributed by atoms with E-state index in [0.29, 0.717) is 34.7 Å². The third-order valence-electron chi connectivity index (χ3n) is 8.50. The molecular formula is C34H37N3O6Si. The highest BCUT2D eigenvalue weighted by Gasteiger charge is 2.46. The first-order valence-electron chi connectivity index (χ1n) is 14.9. The van der Waals surface area contributed by atoms with Crippen molar-refractivity contribution in [2.24, 2.45) is 0 Å². The van der Waals surface area contributed by atoms with Gasteiger partial charge in [-0.1, -0.05) is 55.9 Å². The van der Waals surface area contributed by atoms with Gasteiger partial charge in [-0.05, 0) is 68.3 Å². The van der Waals surface area contributed by atoms with Crippen LogP contribution in [0.1, 0.15) is 56.4 Å². The summed E-state index contributed by atoms with van der Waals surface area (Å²) in [5.74, 6) is -0.747. The van der Waals surface area contributed by atoms with Crippen molar-refractivity contribution in [3.63, 3.8) is 0 Å². The number of carbonyl (C=O) groups is 2. The molecule has 0 aliphatic carbocycles. The summed E-state index contributed by atoms with van der Waals surface area (Å²) in [4.78, 5) is 44.3. The van der Waals surface area contributed by atoms with Gasteiger partial charge >= 0.3 is 12.1 Å². The molecule has 0 fully saturated rings. The van der Waals surface area contributed by atoms with E-state index < -0.39 is 31.3 Å². The third-order valence-corrected chi connectivity index (χ3v) is 11.7. The van der Waals surface area contributed by atoms with Gasteiger partial charge in [-0.2, -0.15) is 0 Å². The van der Waals surface area contributed by atoms with Gasteiger partial charge in [0.25, 0.3) is 5.56 Å². The van der Waals surface area contributed by atoms with Crippen molar-refractivity contribution >= 4 is 41.9 Å². The van der Waals surface area contributed by atoms with Gasteiger partial charge in [0.15, 0.2) is 5.60 Å². The van der Waals surface area contributed by atoms with Crippen molar-refractivity contribution < 1.29 is 24.2 Å². The highest BCUT2D eigenvalue weighted by atomic mass is 28.3. The van der Waals surface area contributed by atoms with Crippen LogP contribution in [0.5, 0.6) is 0 Å². The SMILES string of the molecule is CC[C@@]1(O)C(=O)OCc2c1cc1n(c2=O)Cc2c-1nc1ccc(NC(=O)OC(C)(C)C)cc1c2[Si](C)(C)Cc1ccccc1. The normalized spacial score (nSPS) is 17.5. The number of rotatable bonds is 5. The number of hydrogen-bond donors (Lipinski definition) is 2. The molecule has 228 valence electrons. The number of aliphatic hydroxyl groups is 1. The van der Waals surface area contributed by atoms with E-state index in [2.05, 4.69) is 30.5 Å². The number of carbonyl (C=O) groups excluding carboxylic acids is 2. The van der Waals surface area contributed by atoms with E-state index in [1.807, 2.05) is 51.1 Å². The van der Waals surface area contributed by atoms with Gasteiger partial charge in [0, 0.05) is 16.6 Å². The predicted molar refractivity (Wildman–Crippen MR) is 172 cm³/mol. The van der Waals surface area contributed by atoms with Crippen LogP contribution in [0.4, 0.5) is 10.5 Å². The third kappa shape index (κ3) is 5.01. The maximum absolute atomic E-state index is 13.9. The van der Waals surface area contributed by atoms with Crippen LogP contribution in [0.2, 0.25) is 13.1 Å². The molecule has 4 heterocycles. The quantitative estimate of drug-likeness (QED) is 0.209. The van der Waals surface area contributed by atoms with Crippen LogP contribution in [0.25, 0.3) is 22.3 Å². The van der Waals surface area contributed by atoms with Gasteiger partial charge in [-0.15, -0.1) is 0 Å². The molecule has 9 nitrogen and oxygen atoms in total. The fourth-order valence-electron chi connectivity index (χ4n) is 6.55. The van der Waals surface area contributed by atoms with Crippen molar-refractivity contribution in [2.75, 3.05) is 5.32 Å². The van der Waals surface area contributed by atoms with Crippen LogP contribution in [-0.2, 0) is 39.1 Å². The van der Waals surface area contributed by atoms with Gasteiger partial charge in [0.05, 0.1) is 37.1 Å². The van der Waals surface area contributed by atoms with Gasteiger partial charge < -0.3 is 19.1 Å². The highest BCUT2D eigenvalue weighted by Crippen LogP contribution is 2.39. The van der Waals surface area contributed by atoms with Crippen molar-refractivity contribution in [3.8, 4) is 11.4 Å². The number of amides is 1. The summed E-state index contributed by atoms with van der Waals surface area (Å²) in [5.41, 5.74) is 2.49. The van der Waals surface area contributed by atoms with Crippen LogP contribution < -0.4 is 16.1 Å². The number of ether oxygens (including phenoxy) is 2. The molecule has 0 radical (unpaired) electrons. The molecule has 1 atom stereocenters. The molecule has 1 amide bonds. The Kier molecular flexibility index (Phi) is 7.05. The minimum absolute atomic E-state index is 0.0788. The van der Waals surface area contributed by atoms with E-state index in [4.69, 9.17) is 14.5 Å². The van der Waals surface area contributed by atoms with E-state index in [9.17, 15) is 19.5 Å². The number of anilines is 1. The molecule has 10 heteroatoms. The summed E-state index contributed by atoms with van der Waals surface area (Å²) in [7, 11) is -2.30. The lowest BCUT2D eigenvalue weighted by Gasteiger charge is -2.31. The van der Waals surface area contributed by atoms with Crippen molar-refractivity contribution in [2.45, 2.75) is 77.6 Å². The first kappa shape index (κ1) is 29.8. The summed E-state index contributed by atoms with van der Waals surface area (Å²) in [6, 6.07) is 18.5. The molecule has 44 heavy (non-hydrogen) atoms. The fraction of sp³-hybridized carbons (Fsp3) is 0.353. The first-order chi connectivity index (χ1) is 20.7. The van der Waals surface area contributed by atoms with E-state index in [1.54, 1.807) is 23.6 Å².